The first-order chi connectivity index (χ1) is 7.74. The van der Waals surface area contributed by atoms with Crippen molar-refractivity contribution in [1.82, 2.24) is 10.2 Å². The van der Waals surface area contributed by atoms with Gasteiger partial charge in [0.15, 0.2) is 0 Å². The van der Waals surface area contributed by atoms with Gasteiger partial charge in [0.05, 0.1) is 12.6 Å². The van der Waals surface area contributed by atoms with Crippen molar-refractivity contribution in [3.63, 3.8) is 0 Å². The predicted octanol–water partition coefficient (Wildman–Crippen LogP) is 0.359. The number of hydrogen-bond donors (Lipinski definition) is 2. The van der Waals surface area contributed by atoms with Gasteiger partial charge in [0.2, 0.25) is 5.91 Å². The standard InChI is InChI=1S/C12H22N2O2/c15-11-5-2-6-14(8-11)9-12(16)13-7-10-3-1-4-10/h10-11,15H,1-9H2,(H,13,16). The second-order valence-electron chi connectivity index (χ2n) is 5.13. The van der Waals surface area contributed by atoms with Crippen LogP contribution in [-0.4, -0.2) is 48.2 Å². The molecule has 1 atom stereocenters. The molecule has 4 nitrogen and oxygen atoms in total. The van der Waals surface area contributed by atoms with E-state index in [0.717, 1.165) is 31.8 Å². The van der Waals surface area contributed by atoms with Crippen LogP contribution in [0.15, 0.2) is 0 Å². The normalized spacial score (nSPS) is 27.4. The zero-order valence-corrected chi connectivity index (χ0v) is 9.82. The van der Waals surface area contributed by atoms with E-state index in [9.17, 15) is 9.90 Å². The van der Waals surface area contributed by atoms with Gasteiger partial charge in [-0.15, -0.1) is 0 Å². The molecule has 0 bridgehead atoms. The quantitative estimate of drug-likeness (QED) is 0.728. The number of nitrogens with zero attached hydrogens (tertiary/aromatic N) is 1. The van der Waals surface area contributed by atoms with Gasteiger partial charge in [-0.2, -0.15) is 0 Å². The van der Waals surface area contributed by atoms with Crippen molar-refractivity contribution in [3.8, 4) is 0 Å². The molecule has 1 saturated heterocycles. The van der Waals surface area contributed by atoms with Gasteiger partial charge in [-0.25, -0.2) is 0 Å². The summed E-state index contributed by atoms with van der Waals surface area (Å²) in [5, 5.41) is 12.5. The number of amides is 1. The molecule has 1 saturated carbocycles. The molecule has 16 heavy (non-hydrogen) atoms. The van der Waals surface area contributed by atoms with Crippen LogP contribution in [0.4, 0.5) is 0 Å². The lowest BCUT2D eigenvalue weighted by Gasteiger charge is -2.30. The number of hydrogen-bond acceptors (Lipinski definition) is 3. The summed E-state index contributed by atoms with van der Waals surface area (Å²) in [6.07, 6.45) is 5.48. The average molecular weight is 226 g/mol. The Bertz CT molecular complexity index is 241. The van der Waals surface area contributed by atoms with E-state index in [-0.39, 0.29) is 12.0 Å². The molecule has 1 aliphatic carbocycles. The van der Waals surface area contributed by atoms with Crippen LogP contribution in [0.2, 0.25) is 0 Å². The van der Waals surface area contributed by atoms with Crippen LogP contribution in [0.25, 0.3) is 0 Å². The molecule has 4 heteroatoms. The summed E-state index contributed by atoms with van der Waals surface area (Å²) in [7, 11) is 0. The second kappa shape index (κ2) is 5.64. The number of carbonyl (C=O) groups excluding carboxylic acids is 1. The van der Waals surface area contributed by atoms with E-state index >= 15 is 0 Å². The van der Waals surface area contributed by atoms with Crippen LogP contribution >= 0.6 is 0 Å². The number of β-amino-alcohol motifs (C(OH)–C–C–N with tert-alkyl or cyclic N) is 1. The SMILES string of the molecule is O=C(CN1CCCC(O)C1)NCC1CCC1. The Kier molecular flexibility index (Phi) is 4.18. The van der Waals surface area contributed by atoms with Crippen LogP contribution in [0.3, 0.4) is 0 Å². The maximum Gasteiger partial charge on any atom is 0.234 e. The van der Waals surface area contributed by atoms with Gasteiger partial charge in [-0.1, -0.05) is 6.42 Å². The summed E-state index contributed by atoms with van der Waals surface area (Å²) in [4.78, 5) is 13.7. The third kappa shape index (κ3) is 3.46. The Morgan fingerprint density at radius 2 is 2.12 bits per heavy atom. The maximum atomic E-state index is 11.6. The highest BCUT2D eigenvalue weighted by molar-refractivity contribution is 5.78. The molecule has 1 heterocycles. The van der Waals surface area contributed by atoms with Crippen molar-refractivity contribution in [3.05, 3.63) is 0 Å². The number of nitrogens with one attached hydrogen (secondary N) is 1. The fourth-order valence-corrected chi connectivity index (χ4v) is 2.39. The molecular formula is C12H22N2O2. The van der Waals surface area contributed by atoms with Gasteiger partial charge in [0.25, 0.3) is 0 Å². The molecule has 2 rings (SSSR count). The van der Waals surface area contributed by atoms with Crippen molar-refractivity contribution >= 4 is 5.91 Å². The monoisotopic (exact) mass is 226 g/mol. The summed E-state index contributed by atoms with van der Waals surface area (Å²) in [5.41, 5.74) is 0. The third-order valence-electron chi connectivity index (χ3n) is 3.66. The van der Waals surface area contributed by atoms with Crippen molar-refractivity contribution in [2.45, 2.75) is 38.2 Å². The Hall–Kier alpha value is -0.610. The highest BCUT2D eigenvalue weighted by atomic mass is 16.3. The fraction of sp³-hybridized carbons (Fsp3) is 0.917. The molecule has 0 radical (unpaired) electrons. The lowest BCUT2D eigenvalue weighted by atomic mass is 9.85. The smallest absolute Gasteiger partial charge is 0.234 e. The molecule has 1 amide bonds. The Balaban J connectivity index is 1.61. The first-order valence-electron chi connectivity index (χ1n) is 6.41. The van der Waals surface area contributed by atoms with E-state index in [1.165, 1.54) is 19.3 Å². The zero-order valence-electron chi connectivity index (χ0n) is 9.82. The minimum absolute atomic E-state index is 0.112. The number of piperidine rings is 1. The van der Waals surface area contributed by atoms with E-state index in [1.807, 2.05) is 4.90 Å². The number of carbonyl (C=O) groups is 1. The lowest BCUT2D eigenvalue weighted by Crippen LogP contribution is -2.45. The highest BCUT2D eigenvalue weighted by Gasteiger charge is 2.21. The van der Waals surface area contributed by atoms with Crippen molar-refractivity contribution < 1.29 is 9.90 Å². The number of aliphatic hydroxyl groups excluding tert-OH is 1. The Morgan fingerprint density at radius 1 is 1.31 bits per heavy atom. The van der Waals surface area contributed by atoms with E-state index < -0.39 is 0 Å². The summed E-state index contributed by atoms with van der Waals surface area (Å²) in [6.45, 7) is 2.88. The second-order valence-corrected chi connectivity index (χ2v) is 5.13. The van der Waals surface area contributed by atoms with E-state index in [1.54, 1.807) is 0 Å². The molecule has 2 N–H and O–H groups in total. The molecule has 92 valence electrons. The topological polar surface area (TPSA) is 52.6 Å². The Morgan fingerprint density at radius 3 is 2.75 bits per heavy atom. The first-order valence-corrected chi connectivity index (χ1v) is 6.41. The molecule has 0 aromatic heterocycles. The van der Waals surface area contributed by atoms with Crippen LogP contribution in [-0.2, 0) is 4.79 Å². The molecule has 0 aromatic rings. The highest BCUT2D eigenvalue weighted by Crippen LogP contribution is 2.25. The van der Waals surface area contributed by atoms with Gasteiger partial charge >= 0.3 is 0 Å². The number of rotatable bonds is 4. The summed E-state index contributed by atoms with van der Waals surface area (Å²) >= 11 is 0. The molecule has 0 aromatic carbocycles. The van der Waals surface area contributed by atoms with Gasteiger partial charge in [0, 0.05) is 13.1 Å². The molecule has 2 aliphatic rings. The van der Waals surface area contributed by atoms with Crippen LogP contribution in [0.5, 0.6) is 0 Å². The van der Waals surface area contributed by atoms with Crippen LogP contribution < -0.4 is 5.32 Å². The lowest BCUT2D eigenvalue weighted by molar-refractivity contribution is -0.123. The van der Waals surface area contributed by atoms with Crippen LogP contribution in [0.1, 0.15) is 32.1 Å². The molecule has 2 fully saturated rings. The van der Waals surface area contributed by atoms with Crippen molar-refractivity contribution in [1.29, 1.82) is 0 Å². The molecule has 1 unspecified atom stereocenters. The minimum atomic E-state index is -0.242. The minimum Gasteiger partial charge on any atom is -0.392 e. The fourth-order valence-electron chi connectivity index (χ4n) is 2.39. The van der Waals surface area contributed by atoms with Gasteiger partial charge in [-0.05, 0) is 38.1 Å². The largest absolute Gasteiger partial charge is 0.392 e. The molecule has 0 spiro atoms. The zero-order chi connectivity index (χ0) is 11.4. The third-order valence-corrected chi connectivity index (χ3v) is 3.66. The summed E-state index contributed by atoms with van der Waals surface area (Å²) < 4.78 is 0. The van der Waals surface area contributed by atoms with Crippen LogP contribution in [0, 0.1) is 5.92 Å². The maximum absolute atomic E-state index is 11.6. The number of likely N-dealkylation sites (tertiary alicyclic amines) is 1. The Labute approximate surface area is 97.0 Å². The van der Waals surface area contributed by atoms with Crippen molar-refractivity contribution in [2.75, 3.05) is 26.2 Å². The van der Waals surface area contributed by atoms with Gasteiger partial charge < -0.3 is 10.4 Å². The van der Waals surface area contributed by atoms with E-state index in [4.69, 9.17) is 0 Å². The first kappa shape index (κ1) is 11.9. The summed E-state index contributed by atoms with van der Waals surface area (Å²) in [5.74, 6) is 0.830. The van der Waals surface area contributed by atoms with Gasteiger partial charge in [0.1, 0.15) is 0 Å². The summed E-state index contributed by atoms with van der Waals surface area (Å²) in [6, 6.07) is 0. The van der Waals surface area contributed by atoms with Crippen molar-refractivity contribution in [2.24, 2.45) is 5.92 Å². The van der Waals surface area contributed by atoms with Gasteiger partial charge in [-0.3, -0.25) is 9.69 Å². The van der Waals surface area contributed by atoms with E-state index in [0.29, 0.717) is 13.1 Å². The van der Waals surface area contributed by atoms with E-state index in [2.05, 4.69) is 5.32 Å². The molecule has 1 aliphatic heterocycles. The molecular weight excluding hydrogens is 204 g/mol. The average Bonchev–Trinajstić information content (AvgIpc) is 2.15. The number of aliphatic hydroxyl groups is 1. The predicted molar refractivity (Wildman–Crippen MR) is 62.0 cm³/mol.